The molecule has 0 aliphatic rings. The molecular weight excluding hydrogens is 434 g/mol. The van der Waals surface area contributed by atoms with E-state index in [1.807, 2.05) is 54.6 Å². The van der Waals surface area contributed by atoms with Crippen molar-refractivity contribution in [1.29, 1.82) is 0 Å². The van der Waals surface area contributed by atoms with Crippen molar-refractivity contribution in [2.24, 2.45) is 0 Å². The summed E-state index contributed by atoms with van der Waals surface area (Å²) in [6, 6.07) is 15.4. The minimum Gasteiger partial charge on any atom is -0.494 e. The van der Waals surface area contributed by atoms with Crippen LogP contribution in [0.5, 0.6) is 11.5 Å². The maximum atomic E-state index is 12.8. The molecule has 4 rings (SSSR count). The second-order valence-electron chi connectivity index (χ2n) is 7.90. The van der Waals surface area contributed by atoms with Crippen LogP contribution in [0.3, 0.4) is 0 Å². The fourth-order valence-electron chi connectivity index (χ4n) is 3.41. The highest BCUT2D eigenvalue weighted by Gasteiger charge is 2.12. The van der Waals surface area contributed by atoms with Crippen LogP contribution in [0.15, 0.2) is 53.3 Å². The molecule has 0 amide bonds. The van der Waals surface area contributed by atoms with Crippen LogP contribution in [0.25, 0.3) is 22.4 Å². The van der Waals surface area contributed by atoms with Crippen LogP contribution >= 0.6 is 11.3 Å². The van der Waals surface area contributed by atoms with Crippen molar-refractivity contribution in [1.82, 2.24) is 14.6 Å². The minimum atomic E-state index is -0.160. The third-order valence-electron chi connectivity index (χ3n) is 5.21. The highest BCUT2D eigenvalue weighted by molar-refractivity contribution is 7.15. The van der Waals surface area contributed by atoms with E-state index in [0.717, 1.165) is 42.1 Å². The zero-order valence-electron chi connectivity index (χ0n) is 19.1. The molecule has 0 unspecified atom stereocenters. The van der Waals surface area contributed by atoms with E-state index >= 15 is 0 Å². The predicted octanol–water partition coefficient (Wildman–Crippen LogP) is 5.11. The van der Waals surface area contributed by atoms with E-state index in [2.05, 4.69) is 23.9 Å². The highest BCUT2D eigenvalue weighted by atomic mass is 32.1. The number of fused-ring (bicyclic) bond motifs is 1. The summed E-state index contributed by atoms with van der Waals surface area (Å²) >= 11 is 1.34. The molecule has 2 aromatic carbocycles. The molecule has 0 aliphatic carbocycles. The van der Waals surface area contributed by atoms with Gasteiger partial charge in [0, 0.05) is 5.56 Å². The van der Waals surface area contributed by atoms with Gasteiger partial charge in [0.25, 0.3) is 5.56 Å². The van der Waals surface area contributed by atoms with Gasteiger partial charge in [0.2, 0.25) is 4.96 Å². The predicted molar refractivity (Wildman–Crippen MR) is 133 cm³/mol. The van der Waals surface area contributed by atoms with E-state index in [9.17, 15) is 4.79 Å². The number of thiazole rings is 1. The summed E-state index contributed by atoms with van der Waals surface area (Å²) in [5, 5.41) is 4.44. The average molecular weight is 464 g/mol. The van der Waals surface area contributed by atoms with Crippen molar-refractivity contribution in [3.63, 3.8) is 0 Å². The molecule has 0 atom stereocenters. The minimum absolute atomic E-state index is 0.160. The van der Waals surface area contributed by atoms with Crippen molar-refractivity contribution in [2.45, 2.75) is 46.0 Å². The van der Waals surface area contributed by atoms with Gasteiger partial charge in [-0.25, -0.2) is 0 Å². The Morgan fingerprint density at radius 2 is 1.58 bits per heavy atom. The number of hydrogen-bond donors (Lipinski definition) is 0. The molecule has 0 N–H and O–H groups in total. The molecule has 0 fully saturated rings. The third-order valence-corrected chi connectivity index (χ3v) is 6.17. The van der Waals surface area contributed by atoms with E-state index in [4.69, 9.17) is 9.47 Å². The first-order chi connectivity index (χ1) is 16.2. The molecule has 172 valence electrons. The lowest BCUT2D eigenvalue weighted by Gasteiger charge is -2.06. The van der Waals surface area contributed by atoms with Crippen LogP contribution in [0, 0.1) is 0 Å². The van der Waals surface area contributed by atoms with Crippen LogP contribution in [0.4, 0.5) is 0 Å². The maximum absolute atomic E-state index is 12.8. The Balaban J connectivity index is 1.46. The van der Waals surface area contributed by atoms with Crippen molar-refractivity contribution in [2.75, 3.05) is 13.2 Å². The standard InChI is InChI=1S/C26H29N3O3S/c1-3-5-6-7-17-32-22-14-10-20(11-15-22)24-27-26-29(28-24)25(30)23(33-26)18-19-8-12-21(13-9-19)31-16-4-2/h8-15,18H,3-7,16-17H2,1-2H3. The third kappa shape index (κ3) is 5.79. The second-order valence-corrected chi connectivity index (χ2v) is 8.91. The molecule has 7 heteroatoms. The number of ether oxygens (including phenoxy) is 2. The molecule has 0 bridgehead atoms. The molecule has 0 saturated heterocycles. The summed E-state index contributed by atoms with van der Waals surface area (Å²) < 4.78 is 13.4. The van der Waals surface area contributed by atoms with Gasteiger partial charge in [-0.2, -0.15) is 9.50 Å². The number of hydrogen-bond acceptors (Lipinski definition) is 6. The molecule has 33 heavy (non-hydrogen) atoms. The quantitative estimate of drug-likeness (QED) is 0.289. The van der Waals surface area contributed by atoms with Crippen LogP contribution in [0.2, 0.25) is 0 Å². The van der Waals surface area contributed by atoms with Gasteiger partial charge in [-0.15, -0.1) is 5.10 Å². The zero-order valence-corrected chi connectivity index (χ0v) is 19.9. The van der Waals surface area contributed by atoms with Crippen LogP contribution in [-0.2, 0) is 0 Å². The van der Waals surface area contributed by atoms with Crippen molar-refractivity contribution in [3.8, 4) is 22.9 Å². The lowest BCUT2D eigenvalue weighted by molar-refractivity contribution is 0.305. The van der Waals surface area contributed by atoms with Crippen molar-refractivity contribution >= 4 is 22.4 Å². The first-order valence-electron chi connectivity index (χ1n) is 11.6. The fraction of sp³-hybridized carbons (Fsp3) is 0.346. The number of unbranched alkanes of at least 4 members (excludes halogenated alkanes) is 3. The Bertz CT molecular complexity index is 1280. The number of aromatic nitrogens is 3. The van der Waals surface area contributed by atoms with Crippen molar-refractivity contribution in [3.05, 3.63) is 69.0 Å². The Morgan fingerprint density at radius 1 is 0.879 bits per heavy atom. The summed E-state index contributed by atoms with van der Waals surface area (Å²) in [5.41, 5.74) is 1.63. The Labute approximate surface area is 197 Å². The summed E-state index contributed by atoms with van der Waals surface area (Å²) in [6.07, 6.45) is 7.55. The Hall–Kier alpha value is -3.19. The summed E-state index contributed by atoms with van der Waals surface area (Å²) in [6.45, 7) is 5.69. The van der Waals surface area contributed by atoms with Crippen LogP contribution in [0.1, 0.15) is 51.5 Å². The SMILES string of the molecule is CCCCCCOc1ccc(-c2nc3sc(=Cc4ccc(OCCC)cc4)c(=O)n3n2)cc1. The topological polar surface area (TPSA) is 65.7 Å². The first-order valence-corrected chi connectivity index (χ1v) is 12.4. The van der Waals surface area contributed by atoms with E-state index in [0.29, 0.717) is 21.9 Å². The van der Waals surface area contributed by atoms with Crippen molar-refractivity contribution < 1.29 is 9.47 Å². The molecule has 0 radical (unpaired) electrons. The summed E-state index contributed by atoms with van der Waals surface area (Å²) in [7, 11) is 0. The highest BCUT2D eigenvalue weighted by Crippen LogP contribution is 2.21. The smallest absolute Gasteiger partial charge is 0.291 e. The number of nitrogens with zero attached hydrogens (tertiary/aromatic N) is 3. The zero-order chi connectivity index (χ0) is 23.0. The molecule has 0 saturated carbocycles. The van der Waals surface area contributed by atoms with E-state index < -0.39 is 0 Å². The maximum Gasteiger partial charge on any atom is 0.291 e. The lowest BCUT2D eigenvalue weighted by Crippen LogP contribution is -2.23. The van der Waals surface area contributed by atoms with E-state index in [1.165, 1.54) is 35.1 Å². The van der Waals surface area contributed by atoms with E-state index in [-0.39, 0.29) is 5.56 Å². The van der Waals surface area contributed by atoms with Crippen LogP contribution < -0.4 is 19.6 Å². The van der Waals surface area contributed by atoms with Gasteiger partial charge in [-0.1, -0.05) is 56.6 Å². The van der Waals surface area contributed by atoms with Crippen LogP contribution in [-0.4, -0.2) is 27.8 Å². The second kappa shape index (κ2) is 11.1. The molecule has 6 nitrogen and oxygen atoms in total. The molecule has 0 spiro atoms. The van der Waals surface area contributed by atoms with Gasteiger partial charge in [0.1, 0.15) is 11.5 Å². The monoisotopic (exact) mass is 463 g/mol. The van der Waals surface area contributed by atoms with Gasteiger partial charge in [-0.05, 0) is 60.9 Å². The number of rotatable bonds is 11. The normalized spacial score (nSPS) is 11.9. The van der Waals surface area contributed by atoms with Gasteiger partial charge in [0.05, 0.1) is 17.7 Å². The molecule has 2 heterocycles. The average Bonchev–Trinajstić information content (AvgIpc) is 3.38. The van der Waals surface area contributed by atoms with E-state index in [1.54, 1.807) is 0 Å². The molecule has 2 aromatic heterocycles. The summed E-state index contributed by atoms with van der Waals surface area (Å²) in [4.78, 5) is 18.0. The molecule has 4 aromatic rings. The Kier molecular flexibility index (Phi) is 7.73. The Morgan fingerprint density at radius 3 is 2.24 bits per heavy atom. The number of benzene rings is 2. The van der Waals surface area contributed by atoms with Gasteiger partial charge >= 0.3 is 0 Å². The van der Waals surface area contributed by atoms with Gasteiger partial charge in [-0.3, -0.25) is 4.79 Å². The first kappa shape index (κ1) is 23.0. The summed E-state index contributed by atoms with van der Waals surface area (Å²) in [5.74, 6) is 2.21. The fourth-order valence-corrected chi connectivity index (χ4v) is 4.31. The lowest BCUT2D eigenvalue weighted by atomic mass is 10.2. The molecule has 0 aliphatic heterocycles. The van der Waals surface area contributed by atoms with Gasteiger partial charge in [0.15, 0.2) is 5.82 Å². The van der Waals surface area contributed by atoms with Gasteiger partial charge < -0.3 is 9.47 Å². The molecular formula is C26H29N3O3S. The largest absolute Gasteiger partial charge is 0.494 e.